The highest BCUT2D eigenvalue weighted by atomic mass is 127. The summed E-state index contributed by atoms with van der Waals surface area (Å²) in [6.45, 7) is 2.98. The summed E-state index contributed by atoms with van der Waals surface area (Å²) in [5.41, 5.74) is 1.23. The number of Topliss-reactive ketones (excluding diaryl/α,β-unsaturated/α-hetero) is 1. The summed E-state index contributed by atoms with van der Waals surface area (Å²) in [5, 5.41) is 0. The molecule has 0 N–H and O–H groups in total. The normalized spacial score (nSPS) is 21.9. The molecular weight excluding hydrogens is 301 g/mol. The number of anilines is 1. The van der Waals surface area contributed by atoms with E-state index in [2.05, 4.69) is 58.7 Å². The van der Waals surface area contributed by atoms with Gasteiger partial charge in [0.25, 0.3) is 0 Å². The quantitative estimate of drug-likeness (QED) is 0.743. The molecule has 1 aromatic carbocycles. The highest BCUT2D eigenvalue weighted by molar-refractivity contribution is 14.1. The van der Waals surface area contributed by atoms with Crippen LogP contribution in [0.3, 0.4) is 0 Å². The van der Waals surface area contributed by atoms with Crippen molar-refractivity contribution in [2.45, 2.75) is 25.8 Å². The molecule has 1 unspecified atom stereocenters. The Morgan fingerprint density at radius 2 is 2.00 bits per heavy atom. The number of nitrogens with zero attached hydrogens (tertiary/aromatic N) is 1. The van der Waals surface area contributed by atoms with Crippen LogP contribution in [0.15, 0.2) is 24.3 Å². The monoisotopic (exact) mass is 315 g/mol. The van der Waals surface area contributed by atoms with E-state index < -0.39 is 0 Å². The summed E-state index contributed by atoms with van der Waals surface area (Å²) in [7, 11) is 0. The second-order valence-electron chi connectivity index (χ2n) is 4.01. The molecule has 0 spiro atoms. The largest absolute Gasteiger partial charge is 0.368 e. The van der Waals surface area contributed by atoms with Gasteiger partial charge in [0, 0.05) is 34.7 Å². The van der Waals surface area contributed by atoms with Crippen molar-refractivity contribution in [2.75, 3.05) is 11.4 Å². The van der Waals surface area contributed by atoms with Crippen molar-refractivity contribution in [1.29, 1.82) is 0 Å². The highest BCUT2D eigenvalue weighted by Crippen LogP contribution is 2.23. The van der Waals surface area contributed by atoms with Gasteiger partial charge < -0.3 is 4.90 Å². The van der Waals surface area contributed by atoms with Crippen LogP contribution in [0.25, 0.3) is 0 Å². The minimum absolute atomic E-state index is 0.339. The summed E-state index contributed by atoms with van der Waals surface area (Å²) in [6, 6.07) is 8.83. The number of piperidine rings is 1. The molecule has 1 saturated heterocycles. The maximum Gasteiger partial charge on any atom is 0.136 e. The van der Waals surface area contributed by atoms with Gasteiger partial charge in [-0.25, -0.2) is 0 Å². The zero-order chi connectivity index (χ0) is 10.8. The van der Waals surface area contributed by atoms with Crippen LogP contribution in [0.2, 0.25) is 0 Å². The minimum atomic E-state index is 0.339. The topological polar surface area (TPSA) is 20.3 Å². The van der Waals surface area contributed by atoms with Gasteiger partial charge in [0.1, 0.15) is 5.78 Å². The number of ketones is 1. The first-order valence-electron chi connectivity index (χ1n) is 5.21. The van der Waals surface area contributed by atoms with Crippen LogP contribution in [0.4, 0.5) is 5.69 Å². The van der Waals surface area contributed by atoms with Gasteiger partial charge in [-0.1, -0.05) is 0 Å². The summed E-state index contributed by atoms with van der Waals surface area (Å²) in [6.07, 6.45) is 1.38. The Labute approximate surface area is 104 Å². The lowest BCUT2D eigenvalue weighted by molar-refractivity contribution is -0.120. The van der Waals surface area contributed by atoms with Crippen LogP contribution in [-0.4, -0.2) is 18.4 Å². The van der Waals surface area contributed by atoms with Crippen molar-refractivity contribution in [3.63, 3.8) is 0 Å². The van der Waals surface area contributed by atoms with Crippen molar-refractivity contribution in [2.24, 2.45) is 0 Å². The lowest BCUT2D eigenvalue weighted by Crippen LogP contribution is -2.41. The maximum atomic E-state index is 11.3. The van der Waals surface area contributed by atoms with Gasteiger partial charge in [-0.15, -0.1) is 0 Å². The third kappa shape index (κ3) is 2.51. The molecule has 80 valence electrons. The Balaban J connectivity index is 2.16. The Morgan fingerprint density at radius 3 is 2.60 bits per heavy atom. The van der Waals surface area contributed by atoms with Crippen molar-refractivity contribution in [3.8, 4) is 0 Å². The molecule has 0 aliphatic carbocycles. The SMILES string of the molecule is CC1CC(=O)CCN1c1ccc(I)cc1. The van der Waals surface area contributed by atoms with E-state index in [-0.39, 0.29) is 0 Å². The number of carbonyl (C=O) groups excluding carboxylic acids is 1. The van der Waals surface area contributed by atoms with Gasteiger partial charge in [0.15, 0.2) is 0 Å². The van der Waals surface area contributed by atoms with E-state index in [0.29, 0.717) is 24.7 Å². The van der Waals surface area contributed by atoms with Gasteiger partial charge in [0.05, 0.1) is 0 Å². The predicted octanol–water partition coefficient (Wildman–Crippen LogP) is 2.85. The van der Waals surface area contributed by atoms with E-state index in [1.165, 1.54) is 9.26 Å². The Morgan fingerprint density at radius 1 is 1.33 bits per heavy atom. The molecule has 0 radical (unpaired) electrons. The third-order valence-electron chi connectivity index (χ3n) is 2.84. The van der Waals surface area contributed by atoms with Crippen LogP contribution in [-0.2, 0) is 4.79 Å². The molecule has 1 aliphatic heterocycles. The van der Waals surface area contributed by atoms with Crippen molar-refractivity contribution < 1.29 is 4.79 Å². The van der Waals surface area contributed by atoms with Crippen LogP contribution >= 0.6 is 22.6 Å². The Bertz CT molecular complexity index is 360. The molecule has 2 rings (SSSR count). The second-order valence-corrected chi connectivity index (χ2v) is 5.26. The number of rotatable bonds is 1. The summed E-state index contributed by atoms with van der Waals surface area (Å²) >= 11 is 2.30. The Hall–Kier alpha value is -0.580. The van der Waals surface area contributed by atoms with Crippen LogP contribution in [0.5, 0.6) is 0 Å². The van der Waals surface area contributed by atoms with E-state index in [0.717, 1.165) is 6.54 Å². The molecule has 3 heteroatoms. The summed E-state index contributed by atoms with van der Waals surface area (Å²) in [4.78, 5) is 13.6. The summed E-state index contributed by atoms with van der Waals surface area (Å²) in [5.74, 6) is 0.393. The lowest BCUT2D eigenvalue weighted by atomic mass is 10.0. The molecule has 1 heterocycles. The van der Waals surface area contributed by atoms with Crippen LogP contribution in [0.1, 0.15) is 19.8 Å². The molecule has 1 aliphatic rings. The maximum absolute atomic E-state index is 11.3. The molecule has 0 bridgehead atoms. The molecule has 0 saturated carbocycles. The zero-order valence-electron chi connectivity index (χ0n) is 8.74. The smallest absolute Gasteiger partial charge is 0.136 e. The second kappa shape index (κ2) is 4.51. The predicted molar refractivity (Wildman–Crippen MR) is 70.2 cm³/mol. The van der Waals surface area contributed by atoms with E-state index in [1.807, 2.05) is 0 Å². The van der Waals surface area contributed by atoms with Crippen molar-refractivity contribution >= 4 is 34.1 Å². The van der Waals surface area contributed by atoms with E-state index >= 15 is 0 Å². The first-order chi connectivity index (χ1) is 7.16. The number of carbonyl (C=O) groups is 1. The van der Waals surface area contributed by atoms with E-state index in [9.17, 15) is 4.79 Å². The van der Waals surface area contributed by atoms with Crippen LogP contribution < -0.4 is 4.90 Å². The lowest BCUT2D eigenvalue weighted by Gasteiger charge is -2.34. The molecule has 1 fully saturated rings. The molecule has 1 aromatic rings. The molecule has 15 heavy (non-hydrogen) atoms. The fourth-order valence-corrected chi connectivity index (χ4v) is 2.38. The van der Waals surface area contributed by atoms with Gasteiger partial charge in [-0.3, -0.25) is 4.79 Å². The standard InChI is InChI=1S/C12H14INO/c1-9-8-12(15)6-7-14(9)11-4-2-10(13)3-5-11/h2-5,9H,6-8H2,1H3. The Kier molecular flexibility index (Phi) is 3.29. The van der Waals surface area contributed by atoms with E-state index in [1.54, 1.807) is 0 Å². The molecular formula is C12H14INO. The number of hydrogen-bond acceptors (Lipinski definition) is 2. The van der Waals surface area contributed by atoms with Crippen molar-refractivity contribution in [1.82, 2.24) is 0 Å². The average Bonchev–Trinajstić information content (AvgIpc) is 2.20. The molecule has 0 aromatic heterocycles. The van der Waals surface area contributed by atoms with Crippen LogP contribution in [0, 0.1) is 3.57 Å². The first-order valence-corrected chi connectivity index (χ1v) is 6.28. The van der Waals surface area contributed by atoms with Gasteiger partial charge >= 0.3 is 0 Å². The number of hydrogen-bond donors (Lipinski definition) is 0. The minimum Gasteiger partial charge on any atom is -0.368 e. The van der Waals surface area contributed by atoms with Crippen molar-refractivity contribution in [3.05, 3.63) is 27.8 Å². The fraction of sp³-hybridized carbons (Fsp3) is 0.417. The third-order valence-corrected chi connectivity index (χ3v) is 3.56. The van der Waals surface area contributed by atoms with E-state index in [4.69, 9.17) is 0 Å². The first kappa shape index (κ1) is 10.9. The fourth-order valence-electron chi connectivity index (χ4n) is 2.02. The molecule has 0 amide bonds. The van der Waals surface area contributed by atoms with Gasteiger partial charge in [-0.2, -0.15) is 0 Å². The highest BCUT2D eigenvalue weighted by Gasteiger charge is 2.23. The van der Waals surface area contributed by atoms with Gasteiger partial charge in [-0.05, 0) is 53.8 Å². The number of halogens is 1. The zero-order valence-corrected chi connectivity index (χ0v) is 10.9. The molecule has 2 nitrogen and oxygen atoms in total. The number of benzene rings is 1. The molecule has 1 atom stereocenters. The summed E-state index contributed by atoms with van der Waals surface area (Å²) < 4.78 is 1.25. The average molecular weight is 315 g/mol. The van der Waals surface area contributed by atoms with Gasteiger partial charge in [0.2, 0.25) is 0 Å².